The summed E-state index contributed by atoms with van der Waals surface area (Å²) in [7, 11) is 0. The zero-order valence-corrected chi connectivity index (χ0v) is 9.74. The molecule has 0 fully saturated rings. The first-order chi connectivity index (χ1) is 7.22. The first-order valence-corrected chi connectivity index (χ1v) is 5.38. The highest BCUT2D eigenvalue weighted by molar-refractivity contribution is 9.12. The second-order valence-electron chi connectivity index (χ2n) is 3.09. The van der Waals surface area contributed by atoms with E-state index in [4.69, 9.17) is 4.74 Å². The highest BCUT2D eigenvalue weighted by Crippen LogP contribution is 2.28. The van der Waals surface area contributed by atoms with E-state index in [2.05, 4.69) is 25.9 Å². The molecule has 0 radical (unpaired) electrons. The third kappa shape index (κ3) is 1.92. The van der Waals surface area contributed by atoms with Crippen molar-refractivity contribution < 1.29 is 9.53 Å². The molecular weight excluding hydrogens is 260 g/mol. The summed E-state index contributed by atoms with van der Waals surface area (Å²) in [5.74, 6) is 0.370. The van der Waals surface area contributed by atoms with Crippen molar-refractivity contribution in [2.45, 2.75) is 13.3 Å². The summed E-state index contributed by atoms with van der Waals surface area (Å²) in [6.07, 6.45) is 3.74. The molecule has 2 rings (SSSR count). The lowest BCUT2D eigenvalue weighted by Gasteiger charge is -2.11. The molecule has 0 aromatic carbocycles. The van der Waals surface area contributed by atoms with E-state index in [9.17, 15) is 4.79 Å². The van der Waals surface area contributed by atoms with Crippen LogP contribution in [0.3, 0.4) is 0 Å². The van der Waals surface area contributed by atoms with E-state index in [0.29, 0.717) is 24.4 Å². The maximum absolute atomic E-state index is 11.5. The van der Waals surface area contributed by atoms with Crippen LogP contribution in [0.4, 0.5) is 0 Å². The molecule has 0 amide bonds. The van der Waals surface area contributed by atoms with Crippen LogP contribution in [-0.4, -0.2) is 24.6 Å². The Hall–Kier alpha value is -1.23. The standard InChI is InChI=1S/C10H9BrN2O2/c1-2-15-10(14)6-3-7-8(11)5-13-9(7)12-4-6/h4-5H,2-3H2,1H3. The van der Waals surface area contributed by atoms with Crippen LogP contribution in [0.2, 0.25) is 0 Å². The number of carbonyl (C=O) groups excluding carboxylic acids is 1. The molecule has 0 aromatic heterocycles. The lowest BCUT2D eigenvalue weighted by Crippen LogP contribution is -2.13. The van der Waals surface area contributed by atoms with Gasteiger partial charge in [-0.05, 0) is 22.9 Å². The van der Waals surface area contributed by atoms with Crippen LogP contribution >= 0.6 is 15.9 Å². The predicted octanol–water partition coefficient (Wildman–Crippen LogP) is 1.97. The van der Waals surface area contributed by atoms with Crippen LogP contribution in [0.15, 0.2) is 31.8 Å². The van der Waals surface area contributed by atoms with Gasteiger partial charge >= 0.3 is 5.97 Å². The van der Waals surface area contributed by atoms with Gasteiger partial charge in [0.15, 0.2) is 5.84 Å². The van der Waals surface area contributed by atoms with Crippen molar-refractivity contribution in [3.8, 4) is 0 Å². The number of allylic oxidation sites excluding steroid dienone is 1. The highest BCUT2D eigenvalue weighted by atomic mass is 79.9. The van der Waals surface area contributed by atoms with Crippen molar-refractivity contribution in [2.75, 3.05) is 6.61 Å². The summed E-state index contributed by atoms with van der Waals surface area (Å²) in [5, 5.41) is 0. The molecule has 0 saturated heterocycles. The molecule has 2 heterocycles. The maximum Gasteiger partial charge on any atom is 0.335 e. The van der Waals surface area contributed by atoms with Gasteiger partial charge in [0.2, 0.25) is 0 Å². The minimum Gasteiger partial charge on any atom is -0.463 e. The van der Waals surface area contributed by atoms with Gasteiger partial charge in [-0.15, -0.1) is 0 Å². The first kappa shape index (κ1) is 10.3. The summed E-state index contributed by atoms with van der Waals surface area (Å²) < 4.78 is 5.80. The maximum atomic E-state index is 11.5. The van der Waals surface area contributed by atoms with Gasteiger partial charge in [-0.1, -0.05) is 0 Å². The van der Waals surface area contributed by atoms with Crippen molar-refractivity contribution >= 4 is 33.9 Å². The number of hydrogen-bond acceptors (Lipinski definition) is 4. The molecule has 0 aliphatic carbocycles. The number of amidine groups is 1. The van der Waals surface area contributed by atoms with Crippen LogP contribution in [0.1, 0.15) is 13.3 Å². The average molecular weight is 269 g/mol. The van der Waals surface area contributed by atoms with E-state index < -0.39 is 0 Å². The number of nitrogens with zero attached hydrogens (tertiary/aromatic N) is 2. The first-order valence-electron chi connectivity index (χ1n) is 4.59. The Labute approximate surface area is 95.6 Å². The van der Waals surface area contributed by atoms with Crippen LogP contribution < -0.4 is 0 Å². The van der Waals surface area contributed by atoms with Gasteiger partial charge < -0.3 is 4.74 Å². The number of halogens is 1. The quantitative estimate of drug-likeness (QED) is 0.719. The fourth-order valence-corrected chi connectivity index (χ4v) is 1.80. The van der Waals surface area contributed by atoms with E-state index in [1.807, 2.05) is 0 Å². The predicted molar refractivity (Wildman–Crippen MR) is 61.2 cm³/mol. The molecule has 0 bridgehead atoms. The van der Waals surface area contributed by atoms with Gasteiger partial charge in [0.25, 0.3) is 0 Å². The topological polar surface area (TPSA) is 51.0 Å². The Morgan fingerprint density at radius 2 is 2.47 bits per heavy atom. The van der Waals surface area contributed by atoms with Gasteiger partial charge in [-0.25, -0.2) is 14.8 Å². The molecule has 0 saturated carbocycles. The third-order valence-corrected chi connectivity index (χ3v) is 2.79. The van der Waals surface area contributed by atoms with Crippen molar-refractivity contribution in [3.05, 3.63) is 21.8 Å². The highest BCUT2D eigenvalue weighted by Gasteiger charge is 2.24. The van der Waals surface area contributed by atoms with Gasteiger partial charge in [-0.2, -0.15) is 0 Å². The monoisotopic (exact) mass is 268 g/mol. The molecule has 0 spiro atoms. The van der Waals surface area contributed by atoms with E-state index >= 15 is 0 Å². The minimum atomic E-state index is -0.306. The lowest BCUT2D eigenvalue weighted by molar-refractivity contribution is -0.138. The second kappa shape index (κ2) is 4.10. The van der Waals surface area contributed by atoms with Crippen LogP contribution in [0.5, 0.6) is 0 Å². The van der Waals surface area contributed by atoms with Crippen molar-refractivity contribution in [3.63, 3.8) is 0 Å². The molecular formula is C10H9BrN2O2. The summed E-state index contributed by atoms with van der Waals surface area (Å²) in [6, 6.07) is 0. The lowest BCUT2D eigenvalue weighted by atomic mass is 10.0. The van der Waals surface area contributed by atoms with Crippen molar-refractivity contribution in [2.24, 2.45) is 9.98 Å². The Kier molecular flexibility index (Phi) is 2.81. The summed E-state index contributed by atoms with van der Waals surface area (Å²) in [4.78, 5) is 19.6. The fourth-order valence-electron chi connectivity index (χ4n) is 1.38. The van der Waals surface area contributed by atoms with Gasteiger partial charge in [0.05, 0.1) is 12.2 Å². The zero-order valence-electron chi connectivity index (χ0n) is 8.16. The fraction of sp³-hybridized carbons (Fsp3) is 0.300. The number of fused-ring (bicyclic) bond motifs is 1. The SMILES string of the molecule is CCOC(=O)C1=CN=C2N=CC(Br)=C2C1. The van der Waals surface area contributed by atoms with Crippen LogP contribution in [0, 0.1) is 0 Å². The largest absolute Gasteiger partial charge is 0.463 e. The Morgan fingerprint density at radius 1 is 1.67 bits per heavy atom. The van der Waals surface area contributed by atoms with Gasteiger partial charge in [0, 0.05) is 28.9 Å². The molecule has 2 aliphatic rings. The minimum absolute atomic E-state index is 0.306. The molecule has 5 heteroatoms. The third-order valence-electron chi connectivity index (χ3n) is 2.11. The number of hydrogen-bond donors (Lipinski definition) is 0. The van der Waals surface area contributed by atoms with E-state index in [1.165, 1.54) is 6.20 Å². The average Bonchev–Trinajstić information content (AvgIpc) is 2.60. The Bertz CT molecular complexity index is 433. The number of ether oxygens (including phenoxy) is 1. The molecule has 4 nitrogen and oxygen atoms in total. The molecule has 15 heavy (non-hydrogen) atoms. The second-order valence-corrected chi connectivity index (χ2v) is 3.94. The van der Waals surface area contributed by atoms with E-state index in [-0.39, 0.29) is 5.97 Å². The van der Waals surface area contributed by atoms with E-state index in [0.717, 1.165) is 10.1 Å². The smallest absolute Gasteiger partial charge is 0.335 e. The molecule has 0 aromatic rings. The summed E-state index contributed by atoms with van der Waals surface area (Å²) in [6.45, 7) is 2.16. The summed E-state index contributed by atoms with van der Waals surface area (Å²) in [5.41, 5.74) is 1.51. The zero-order chi connectivity index (χ0) is 10.8. The number of aliphatic imine (C=N–C) groups is 2. The van der Waals surface area contributed by atoms with Crippen LogP contribution in [0.25, 0.3) is 0 Å². The Balaban J connectivity index is 2.21. The molecule has 0 atom stereocenters. The normalized spacial score (nSPS) is 18.5. The number of rotatable bonds is 2. The molecule has 78 valence electrons. The Morgan fingerprint density at radius 3 is 3.20 bits per heavy atom. The summed E-state index contributed by atoms with van der Waals surface area (Å²) >= 11 is 3.37. The molecule has 0 N–H and O–H groups in total. The van der Waals surface area contributed by atoms with Crippen LogP contribution in [-0.2, 0) is 9.53 Å². The van der Waals surface area contributed by atoms with Gasteiger partial charge in [0.1, 0.15) is 0 Å². The van der Waals surface area contributed by atoms with Crippen molar-refractivity contribution in [1.82, 2.24) is 0 Å². The molecule has 2 aliphatic heterocycles. The van der Waals surface area contributed by atoms with Crippen molar-refractivity contribution in [1.29, 1.82) is 0 Å². The number of esters is 1. The van der Waals surface area contributed by atoms with Gasteiger partial charge in [-0.3, -0.25) is 0 Å². The number of carbonyl (C=O) groups is 1. The van der Waals surface area contributed by atoms with E-state index in [1.54, 1.807) is 13.1 Å². The molecule has 0 unspecified atom stereocenters.